The minimum absolute atomic E-state index is 0.120. The van der Waals surface area contributed by atoms with E-state index in [0.29, 0.717) is 10.6 Å². The molecule has 1 aromatic rings. The van der Waals surface area contributed by atoms with E-state index in [1.165, 1.54) is 12.1 Å². The number of benzene rings is 1. The van der Waals surface area contributed by atoms with E-state index in [2.05, 4.69) is 10.6 Å². The van der Waals surface area contributed by atoms with E-state index in [9.17, 15) is 9.18 Å². The highest BCUT2D eigenvalue weighted by Crippen LogP contribution is 2.14. The molecule has 0 radical (unpaired) electrons. The van der Waals surface area contributed by atoms with Crippen LogP contribution in [-0.2, 0) is 11.3 Å². The van der Waals surface area contributed by atoms with Gasteiger partial charge < -0.3 is 10.6 Å². The summed E-state index contributed by atoms with van der Waals surface area (Å²) in [6.45, 7) is 6.12. The maximum absolute atomic E-state index is 13.4. The molecule has 1 rings (SSSR count). The van der Waals surface area contributed by atoms with Gasteiger partial charge in [-0.25, -0.2) is 4.39 Å². The summed E-state index contributed by atoms with van der Waals surface area (Å²) in [5.41, 5.74) is 0.186. The second-order valence-corrected chi connectivity index (χ2v) is 5.57. The Morgan fingerprint density at radius 3 is 2.67 bits per heavy atom. The minimum Gasteiger partial charge on any atom is -0.350 e. The SMILES string of the molecule is CC(C)(C)NC(=O)CNCc1cc(Cl)ccc1F. The fourth-order valence-corrected chi connectivity index (χ4v) is 1.65. The van der Waals surface area contributed by atoms with Crippen LogP contribution in [0.2, 0.25) is 5.02 Å². The van der Waals surface area contributed by atoms with E-state index in [0.717, 1.165) is 0 Å². The van der Waals surface area contributed by atoms with E-state index < -0.39 is 0 Å². The zero-order valence-electron chi connectivity index (χ0n) is 10.8. The highest BCUT2D eigenvalue weighted by Gasteiger charge is 2.13. The van der Waals surface area contributed by atoms with E-state index in [4.69, 9.17) is 11.6 Å². The van der Waals surface area contributed by atoms with Crippen LogP contribution in [0, 0.1) is 5.82 Å². The molecule has 0 bridgehead atoms. The molecule has 0 heterocycles. The lowest BCUT2D eigenvalue weighted by Gasteiger charge is -2.20. The van der Waals surface area contributed by atoms with Crippen molar-refractivity contribution in [2.75, 3.05) is 6.54 Å². The molecule has 0 unspecified atom stereocenters. The van der Waals surface area contributed by atoms with Crippen LogP contribution in [0.15, 0.2) is 18.2 Å². The van der Waals surface area contributed by atoms with Crippen molar-refractivity contribution in [3.63, 3.8) is 0 Å². The molecule has 0 spiro atoms. The molecule has 1 aromatic carbocycles. The number of hydrogen-bond acceptors (Lipinski definition) is 2. The van der Waals surface area contributed by atoms with Crippen molar-refractivity contribution in [3.05, 3.63) is 34.6 Å². The lowest BCUT2D eigenvalue weighted by atomic mass is 10.1. The van der Waals surface area contributed by atoms with Gasteiger partial charge in [-0.1, -0.05) is 11.6 Å². The molecule has 0 atom stereocenters. The summed E-state index contributed by atoms with van der Waals surface area (Å²) in [7, 11) is 0. The van der Waals surface area contributed by atoms with Gasteiger partial charge in [-0.2, -0.15) is 0 Å². The predicted molar refractivity (Wildman–Crippen MR) is 71.0 cm³/mol. The molecule has 18 heavy (non-hydrogen) atoms. The maximum Gasteiger partial charge on any atom is 0.234 e. The number of nitrogens with one attached hydrogen (secondary N) is 2. The molecule has 3 nitrogen and oxygen atoms in total. The Labute approximate surface area is 112 Å². The van der Waals surface area contributed by atoms with E-state index in [1.807, 2.05) is 20.8 Å². The molecule has 0 saturated carbocycles. The van der Waals surface area contributed by atoms with Gasteiger partial charge in [0.15, 0.2) is 0 Å². The molecule has 0 aliphatic carbocycles. The summed E-state index contributed by atoms with van der Waals surface area (Å²) in [5.74, 6) is -0.451. The number of carbonyl (C=O) groups excluding carboxylic acids is 1. The van der Waals surface area contributed by atoms with Gasteiger partial charge >= 0.3 is 0 Å². The first-order valence-electron chi connectivity index (χ1n) is 5.73. The van der Waals surface area contributed by atoms with Crippen molar-refractivity contribution < 1.29 is 9.18 Å². The molecule has 5 heteroatoms. The minimum atomic E-state index is -0.330. The Bertz CT molecular complexity index is 429. The van der Waals surface area contributed by atoms with Crippen LogP contribution in [0.3, 0.4) is 0 Å². The topological polar surface area (TPSA) is 41.1 Å². The molecule has 0 fully saturated rings. The fourth-order valence-electron chi connectivity index (χ4n) is 1.45. The van der Waals surface area contributed by atoms with E-state index >= 15 is 0 Å². The molecule has 2 N–H and O–H groups in total. The van der Waals surface area contributed by atoms with Gasteiger partial charge in [-0.3, -0.25) is 4.79 Å². The first kappa shape index (κ1) is 14.9. The summed E-state index contributed by atoms with van der Waals surface area (Å²) in [4.78, 5) is 11.5. The summed E-state index contributed by atoms with van der Waals surface area (Å²) in [6.07, 6.45) is 0. The lowest BCUT2D eigenvalue weighted by molar-refractivity contribution is -0.121. The van der Waals surface area contributed by atoms with Crippen LogP contribution in [-0.4, -0.2) is 18.0 Å². The van der Waals surface area contributed by atoms with Crippen LogP contribution in [0.5, 0.6) is 0 Å². The molecular formula is C13H18ClFN2O. The molecule has 100 valence electrons. The normalized spacial score (nSPS) is 11.4. The van der Waals surface area contributed by atoms with Crippen molar-refractivity contribution in [2.45, 2.75) is 32.9 Å². The van der Waals surface area contributed by atoms with Gasteiger partial charge in [0.1, 0.15) is 5.82 Å². The highest BCUT2D eigenvalue weighted by molar-refractivity contribution is 6.30. The Morgan fingerprint density at radius 1 is 1.39 bits per heavy atom. The number of rotatable bonds is 4. The first-order valence-corrected chi connectivity index (χ1v) is 6.11. The van der Waals surface area contributed by atoms with Gasteiger partial charge in [0, 0.05) is 22.7 Å². The number of hydrogen-bond donors (Lipinski definition) is 2. The molecule has 0 aromatic heterocycles. The lowest BCUT2D eigenvalue weighted by Crippen LogP contribution is -2.44. The van der Waals surface area contributed by atoms with Crippen LogP contribution >= 0.6 is 11.6 Å². The maximum atomic E-state index is 13.4. The first-order chi connectivity index (χ1) is 8.28. The zero-order valence-corrected chi connectivity index (χ0v) is 11.6. The van der Waals surface area contributed by atoms with E-state index in [1.54, 1.807) is 6.07 Å². The molecular weight excluding hydrogens is 255 g/mol. The fraction of sp³-hybridized carbons (Fsp3) is 0.462. The Kier molecular flexibility index (Phi) is 5.11. The quantitative estimate of drug-likeness (QED) is 0.884. The van der Waals surface area contributed by atoms with Gasteiger partial charge in [-0.05, 0) is 39.0 Å². The summed E-state index contributed by atoms with van der Waals surface area (Å²) in [6, 6.07) is 4.35. The Hall–Kier alpha value is -1.13. The Morgan fingerprint density at radius 2 is 2.06 bits per heavy atom. The third-order valence-corrected chi connectivity index (χ3v) is 2.36. The summed E-state index contributed by atoms with van der Waals surface area (Å²) in [5, 5.41) is 6.17. The van der Waals surface area contributed by atoms with Crippen LogP contribution in [0.1, 0.15) is 26.3 Å². The van der Waals surface area contributed by atoms with Crippen molar-refractivity contribution in [2.24, 2.45) is 0 Å². The van der Waals surface area contributed by atoms with Crippen molar-refractivity contribution >= 4 is 17.5 Å². The Balaban J connectivity index is 2.42. The monoisotopic (exact) mass is 272 g/mol. The molecule has 0 aliphatic rings. The second kappa shape index (κ2) is 6.16. The third kappa shape index (κ3) is 5.47. The second-order valence-electron chi connectivity index (χ2n) is 5.14. The van der Waals surface area contributed by atoms with Gasteiger partial charge in [0.2, 0.25) is 5.91 Å². The standard InChI is InChI=1S/C13H18ClFN2O/c1-13(2,3)17-12(18)8-16-7-9-6-10(14)4-5-11(9)15/h4-6,16H,7-8H2,1-3H3,(H,17,18). The summed E-state index contributed by atoms with van der Waals surface area (Å²) < 4.78 is 13.4. The molecule has 1 amide bonds. The van der Waals surface area contributed by atoms with Crippen molar-refractivity contribution in [1.29, 1.82) is 0 Å². The van der Waals surface area contributed by atoms with Crippen LogP contribution in [0.25, 0.3) is 0 Å². The molecule has 0 saturated heterocycles. The average molecular weight is 273 g/mol. The smallest absolute Gasteiger partial charge is 0.234 e. The summed E-state index contributed by atoms with van der Waals surface area (Å²) >= 11 is 5.77. The highest BCUT2D eigenvalue weighted by atomic mass is 35.5. The van der Waals surface area contributed by atoms with Gasteiger partial charge in [0.25, 0.3) is 0 Å². The number of carbonyl (C=O) groups is 1. The average Bonchev–Trinajstić information content (AvgIpc) is 2.20. The van der Waals surface area contributed by atoms with Gasteiger partial charge in [-0.15, -0.1) is 0 Å². The predicted octanol–water partition coefficient (Wildman–Crippen LogP) is 2.48. The third-order valence-electron chi connectivity index (χ3n) is 2.12. The molecule has 0 aliphatic heterocycles. The van der Waals surface area contributed by atoms with E-state index in [-0.39, 0.29) is 30.4 Å². The largest absolute Gasteiger partial charge is 0.350 e. The number of amides is 1. The van der Waals surface area contributed by atoms with Gasteiger partial charge in [0.05, 0.1) is 6.54 Å². The van der Waals surface area contributed by atoms with Crippen LogP contribution in [0.4, 0.5) is 4.39 Å². The number of halogens is 2. The zero-order chi connectivity index (χ0) is 13.8. The van der Waals surface area contributed by atoms with Crippen molar-refractivity contribution in [1.82, 2.24) is 10.6 Å². The van der Waals surface area contributed by atoms with Crippen molar-refractivity contribution in [3.8, 4) is 0 Å². The van der Waals surface area contributed by atoms with Crippen LogP contribution < -0.4 is 10.6 Å².